The zero-order valence-corrected chi connectivity index (χ0v) is 10.6. The van der Waals surface area contributed by atoms with Gasteiger partial charge in [-0.3, -0.25) is 9.48 Å². The summed E-state index contributed by atoms with van der Waals surface area (Å²) < 4.78 is 6.92. The highest BCUT2D eigenvalue weighted by Gasteiger charge is 2.26. The minimum Gasteiger partial charge on any atom is -0.360 e. The van der Waals surface area contributed by atoms with Gasteiger partial charge in [0.2, 0.25) is 0 Å². The van der Waals surface area contributed by atoms with Gasteiger partial charge in [-0.25, -0.2) is 0 Å². The number of aryl methyl sites for hydroxylation is 2. The second kappa shape index (κ2) is 5.19. The van der Waals surface area contributed by atoms with Crippen molar-refractivity contribution < 1.29 is 9.53 Å². The van der Waals surface area contributed by atoms with Crippen LogP contribution in [0.4, 0.5) is 0 Å². The number of nitriles is 1. The van der Waals surface area contributed by atoms with E-state index < -0.39 is 6.10 Å². The highest BCUT2D eigenvalue weighted by Crippen LogP contribution is 2.12. The van der Waals surface area contributed by atoms with Crippen LogP contribution < -0.4 is 0 Å². The third-order valence-corrected chi connectivity index (χ3v) is 2.92. The molecule has 1 amide bonds. The Morgan fingerprint density at radius 2 is 2.50 bits per heavy atom. The number of hydrogen-bond acceptors (Lipinski definition) is 4. The second-order valence-corrected chi connectivity index (χ2v) is 4.23. The zero-order chi connectivity index (χ0) is 13.1. The van der Waals surface area contributed by atoms with E-state index in [0.29, 0.717) is 31.9 Å². The van der Waals surface area contributed by atoms with Crippen LogP contribution >= 0.6 is 0 Å². The fourth-order valence-electron chi connectivity index (χ4n) is 2.03. The van der Waals surface area contributed by atoms with Gasteiger partial charge in [0.25, 0.3) is 5.91 Å². The first-order valence-electron chi connectivity index (χ1n) is 6.00. The van der Waals surface area contributed by atoms with E-state index in [4.69, 9.17) is 10.00 Å². The van der Waals surface area contributed by atoms with E-state index in [1.165, 1.54) is 0 Å². The lowest BCUT2D eigenvalue weighted by molar-refractivity contribution is 0.00292. The lowest BCUT2D eigenvalue weighted by Crippen LogP contribution is -2.45. The third kappa shape index (κ3) is 2.36. The van der Waals surface area contributed by atoms with Crippen molar-refractivity contribution in [1.82, 2.24) is 14.7 Å². The summed E-state index contributed by atoms with van der Waals surface area (Å²) in [6.45, 7) is 5.71. The largest absolute Gasteiger partial charge is 0.360 e. The Bertz CT molecular complexity index is 489. The third-order valence-electron chi connectivity index (χ3n) is 2.92. The first kappa shape index (κ1) is 12.6. The van der Waals surface area contributed by atoms with E-state index in [-0.39, 0.29) is 5.91 Å². The SMILES string of the molecule is CCn1nc(C)cc1C(=O)N1CCOC(C#N)C1. The van der Waals surface area contributed by atoms with Crippen LogP contribution in [-0.4, -0.2) is 46.4 Å². The lowest BCUT2D eigenvalue weighted by atomic mass is 10.2. The van der Waals surface area contributed by atoms with Crippen LogP contribution in [0.2, 0.25) is 0 Å². The number of hydrogen-bond donors (Lipinski definition) is 0. The van der Waals surface area contributed by atoms with Gasteiger partial charge in [0.05, 0.1) is 24.9 Å². The Morgan fingerprint density at radius 1 is 1.72 bits per heavy atom. The molecule has 1 aromatic heterocycles. The van der Waals surface area contributed by atoms with Gasteiger partial charge in [0.1, 0.15) is 5.69 Å². The maximum atomic E-state index is 12.4. The molecule has 2 rings (SSSR count). The van der Waals surface area contributed by atoms with Crippen molar-refractivity contribution >= 4 is 5.91 Å². The topological polar surface area (TPSA) is 71.2 Å². The number of carbonyl (C=O) groups is 1. The number of nitrogens with zero attached hydrogens (tertiary/aromatic N) is 4. The molecule has 0 N–H and O–H groups in total. The maximum Gasteiger partial charge on any atom is 0.272 e. The summed E-state index contributed by atoms with van der Waals surface area (Å²) in [7, 11) is 0. The Labute approximate surface area is 106 Å². The second-order valence-electron chi connectivity index (χ2n) is 4.23. The fraction of sp³-hybridized carbons (Fsp3) is 0.583. The van der Waals surface area contributed by atoms with Crippen LogP contribution in [-0.2, 0) is 11.3 Å². The number of carbonyl (C=O) groups excluding carboxylic acids is 1. The van der Waals surface area contributed by atoms with Crippen LogP contribution in [0.1, 0.15) is 23.1 Å². The van der Waals surface area contributed by atoms with Crippen LogP contribution in [0, 0.1) is 18.3 Å². The average molecular weight is 248 g/mol. The normalized spacial score (nSPS) is 19.6. The monoisotopic (exact) mass is 248 g/mol. The molecule has 0 aromatic carbocycles. The molecule has 6 nitrogen and oxygen atoms in total. The van der Waals surface area contributed by atoms with Crippen LogP contribution in [0.3, 0.4) is 0 Å². The Balaban J connectivity index is 2.18. The van der Waals surface area contributed by atoms with E-state index in [2.05, 4.69) is 5.10 Å². The smallest absolute Gasteiger partial charge is 0.272 e. The molecule has 1 aliphatic heterocycles. The van der Waals surface area contributed by atoms with E-state index in [1.807, 2.05) is 19.9 Å². The zero-order valence-electron chi connectivity index (χ0n) is 10.6. The molecule has 1 fully saturated rings. The van der Waals surface area contributed by atoms with Crippen molar-refractivity contribution in [3.8, 4) is 6.07 Å². The first-order valence-corrected chi connectivity index (χ1v) is 6.00. The van der Waals surface area contributed by atoms with E-state index >= 15 is 0 Å². The highest BCUT2D eigenvalue weighted by atomic mass is 16.5. The Morgan fingerprint density at radius 3 is 3.17 bits per heavy atom. The summed E-state index contributed by atoms with van der Waals surface area (Å²) in [6, 6.07) is 3.82. The summed E-state index contributed by atoms with van der Waals surface area (Å²) in [5.41, 5.74) is 1.40. The van der Waals surface area contributed by atoms with E-state index in [0.717, 1.165) is 5.69 Å². The number of ether oxygens (including phenoxy) is 1. The van der Waals surface area contributed by atoms with Crippen LogP contribution in [0.5, 0.6) is 0 Å². The van der Waals surface area contributed by atoms with Crippen molar-refractivity contribution in [1.29, 1.82) is 5.26 Å². The molecule has 0 bridgehead atoms. The van der Waals surface area contributed by atoms with Crippen molar-refractivity contribution in [2.24, 2.45) is 0 Å². The minimum atomic E-state index is -0.526. The molecule has 18 heavy (non-hydrogen) atoms. The highest BCUT2D eigenvalue weighted by molar-refractivity contribution is 5.92. The number of aromatic nitrogens is 2. The average Bonchev–Trinajstić information content (AvgIpc) is 2.79. The molecular formula is C12H16N4O2. The fourth-order valence-corrected chi connectivity index (χ4v) is 2.03. The molecule has 1 aromatic rings. The van der Waals surface area contributed by atoms with Gasteiger partial charge < -0.3 is 9.64 Å². The molecule has 6 heteroatoms. The quantitative estimate of drug-likeness (QED) is 0.767. The lowest BCUT2D eigenvalue weighted by Gasteiger charge is -2.29. The molecule has 1 atom stereocenters. The van der Waals surface area contributed by atoms with Gasteiger partial charge in [-0.15, -0.1) is 0 Å². The standard InChI is InChI=1S/C12H16N4O2/c1-3-16-11(6-9(2)14-16)12(17)15-4-5-18-10(7-13)8-15/h6,10H,3-5,8H2,1-2H3. The van der Waals surface area contributed by atoms with Gasteiger partial charge in [0, 0.05) is 13.1 Å². The van der Waals surface area contributed by atoms with Crippen LogP contribution in [0.25, 0.3) is 0 Å². The summed E-state index contributed by atoms with van der Waals surface area (Å²) in [5, 5.41) is 13.1. The summed E-state index contributed by atoms with van der Waals surface area (Å²) in [6.07, 6.45) is -0.526. The molecule has 1 unspecified atom stereocenters. The predicted octanol–water partition coefficient (Wildman–Crippen LogP) is 0.576. The van der Waals surface area contributed by atoms with Crippen molar-refractivity contribution in [2.75, 3.05) is 19.7 Å². The number of rotatable bonds is 2. The summed E-state index contributed by atoms with van der Waals surface area (Å²) in [5.74, 6) is -0.0824. The van der Waals surface area contributed by atoms with Crippen molar-refractivity contribution in [2.45, 2.75) is 26.5 Å². The molecule has 1 aliphatic rings. The van der Waals surface area contributed by atoms with Crippen molar-refractivity contribution in [3.63, 3.8) is 0 Å². The molecule has 2 heterocycles. The van der Waals surface area contributed by atoms with Gasteiger partial charge >= 0.3 is 0 Å². The van der Waals surface area contributed by atoms with Gasteiger partial charge in [-0.2, -0.15) is 10.4 Å². The van der Waals surface area contributed by atoms with Gasteiger partial charge in [-0.1, -0.05) is 0 Å². The molecule has 0 radical (unpaired) electrons. The summed E-state index contributed by atoms with van der Waals surface area (Å²) >= 11 is 0. The number of morpholine rings is 1. The molecule has 1 saturated heterocycles. The van der Waals surface area contributed by atoms with Gasteiger partial charge in [-0.05, 0) is 19.9 Å². The number of amides is 1. The molecule has 0 saturated carbocycles. The molecule has 96 valence electrons. The van der Waals surface area contributed by atoms with Crippen LogP contribution in [0.15, 0.2) is 6.07 Å². The Kier molecular flexibility index (Phi) is 3.63. The molecule has 0 aliphatic carbocycles. The minimum absolute atomic E-state index is 0.0824. The van der Waals surface area contributed by atoms with Crippen molar-refractivity contribution in [3.05, 3.63) is 17.5 Å². The molecule has 0 spiro atoms. The summed E-state index contributed by atoms with van der Waals surface area (Å²) in [4.78, 5) is 14.0. The molecular weight excluding hydrogens is 232 g/mol. The predicted molar refractivity (Wildman–Crippen MR) is 63.9 cm³/mol. The van der Waals surface area contributed by atoms with E-state index in [1.54, 1.807) is 15.6 Å². The Hall–Kier alpha value is -1.87. The maximum absolute atomic E-state index is 12.4. The van der Waals surface area contributed by atoms with Gasteiger partial charge in [0.15, 0.2) is 6.10 Å². The van der Waals surface area contributed by atoms with E-state index in [9.17, 15) is 4.79 Å². The first-order chi connectivity index (χ1) is 8.65.